The molecule has 11 heteroatoms. The summed E-state index contributed by atoms with van der Waals surface area (Å²) in [6, 6.07) is 9.91. The van der Waals surface area contributed by atoms with E-state index in [1.807, 2.05) is 0 Å². The van der Waals surface area contributed by atoms with Crippen LogP contribution < -0.4 is 9.46 Å². The number of rotatable bonds is 10. The van der Waals surface area contributed by atoms with Gasteiger partial charge < -0.3 is 9.64 Å². The molecule has 2 aromatic carbocycles. The van der Waals surface area contributed by atoms with Gasteiger partial charge in [0.25, 0.3) is 0 Å². The predicted octanol–water partition coefficient (Wildman–Crippen LogP) is 1.82. The minimum absolute atomic E-state index is 0.147. The summed E-state index contributed by atoms with van der Waals surface area (Å²) >= 11 is 0. The molecule has 8 nitrogen and oxygen atoms in total. The molecule has 0 saturated heterocycles. The number of nitrogens with zero attached hydrogens (tertiary/aromatic N) is 1. The quantitative estimate of drug-likeness (QED) is 0.529. The molecule has 0 aliphatic carbocycles. The highest BCUT2D eigenvalue weighted by Gasteiger charge is 2.26. The zero-order valence-corrected chi connectivity index (χ0v) is 19.0. The number of amides is 1. The monoisotopic (exact) mass is 472 g/mol. The van der Waals surface area contributed by atoms with Crippen LogP contribution in [-0.2, 0) is 24.7 Å². The third-order valence-corrected chi connectivity index (χ3v) is 7.03. The number of halogens is 1. The first-order valence-electron chi connectivity index (χ1n) is 9.36. The average molecular weight is 473 g/mol. The molecular weight excluding hydrogens is 447 g/mol. The Hall–Kier alpha value is -2.50. The highest BCUT2D eigenvalue weighted by atomic mass is 32.2. The first-order chi connectivity index (χ1) is 14.4. The number of sulfone groups is 1. The van der Waals surface area contributed by atoms with Gasteiger partial charge in [0.1, 0.15) is 16.5 Å². The van der Waals surface area contributed by atoms with Crippen LogP contribution in [0.5, 0.6) is 5.75 Å². The van der Waals surface area contributed by atoms with E-state index < -0.39 is 42.5 Å². The fourth-order valence-electron chi connectivity index (χ4n) is 2.74. The van der Waals surface area contributed by atoms with Crippen LogP contribution in [0.1, 0.15) is 13.3 Å². The van der Waals surface area contributed by atoms with E-state index >= 15 is 0 Å². The van der Waals surface area contributed by atoms with Gasteiger partial charge in [0.15, 0.2) is 9.84 Å². The van der Waals surface area contributed by atoms with Crippen LogP contribution in [-0.4, -0.2) is 60.1 Å². The summed E-state index contributed by atoms with van der Waals surface area (Å²) in [5, 5.41) is 0. The molecule has 0 heterocycles. The number of carbonyl (C=O) groups is 1. The number of nitrogens with one attached hydrogen (secondary N) is 1. The lowest BCUT2D eigenvalue weighted by Crippen LogP contribution is -2.46. The number of hydrogen-bond donors (Lipinski definition) is 1. The van der Waals surface area contributed by atoms with Crippen molar-refractivity contribution >= 4 is 25.8 Å². The van der Waals surface area contributed by atoms with Gasteiger partial charge in [-0.25, -0.2) is 21.2 Å². The van der Waals surface area contributed by atoms with Gasteiger partial charge in [-0.1, -0.05) is 18.2 Å². The van der Waals surface area contributed by atoms with Gasteiger partial charge in [0.05, 0.1) is 17.5 Å². The molecule has 0 fully saturated rings. The number of likely N-dealkylation sites (N-methyl/N-ethyl adjacent to an activating group) is 1. The van der Waals surface area contributed by atoms with E-state index in [-0.39, 0.29) is 18.0 Å². The molecule has 0 saturated carbocycles. The van der Waals surface area contributed by atoms with E-state index in [4.69, 9.17) is 4.74 Å². The van der Waals surface area contributed by atoms with Crippen LogP contribution in [0.3, 0.4) is 0 Å². The molecule has 1 N–H and O–H groups in total. The van der Waals surface area contributed by atoms with Crippen molar-refractivity contribution < 1.29 is 30.8 Å². The molecule has 2 rings (SSSR count). The zero-order chi connectivity index (χ0) is 23.2. The standard InChI is InChI=1S/C20H25FN2O6S2/c1-15(22-31(27,28)19-11-5-4-10-18(19)21)20(24)23(2)12-7-13-29-16-8-6-9-17(14-16)30(3,25)26/h4-6,8-11,14-15,22H,7,12-13H2,1-3H3/t15-/m0/s1. The smallest absolute Gasteiger partial charge is 0.244 e. The van der Waals surface area contributed by atoms with E-state index in [1.54, 1.807) is 12.1 Å². The molecule has 0 unspecified atom stereocenters. The Kier molecular flexibility index (Phi) is 8.15. The van der Waals surface area contributed by atoms with E-state index in [0.717, 1.165) is 18.4 Å². The van der Waals surface area contributed by atoms with Crippen molar-refractivity contribution in [1.82, 2.24) is 9.62 Å². The SMILES string of the molecule is C[C@H](NS(=O)(=O)c1ccccc1F)C(=O)N(C)CCCOc1cccc(S(C)(=O)=O)c1. The van der Waals surface area contributed by atoms with Crippen molar-refractivity contribution in [3.8, 4) is 5.75 Å². The molecule has 0 aromatic heterocycles. The molecule has 2 aromatic rings. The molecule has 0 aliphatic rings. The van der Waals surface area contributed by atoms with Crippen molar-refractivity contribution in [3.05, 3.63) is 54.3 Å². The Balaban J connectivity index is 1.86. The molecule has 170 valence electrons. The second-order valence-corrected chi connectivity index (χ2v) is 10.7. The highest BCUT2D eigenvalue weighted by molar-refractivity contribution is 7.90. The minimum atomic E-state index is -4.19. The van der Waals surface area contributed by atoms with Crippen molar-refractivity contribution in [2.75, 3.05) is 26.5 Å². The Labute approximate surface area is 182 Å². The van der Waals surface area contributed by atoms with E-state index in [0.29, 0.717) is 12.2 Å². The second kappa shape index (κ2) is 10.2. The fraction of sp³-hybridized carbons (Fsp3) is 0.350. The van der Waals surface area contributed by atoms with Crippen LogP contribution in [0.2, 0.25) is 0 Å². The highest BCUT2D eigenvalue weighted by Crippen LogP contribution is 2.17. The van der Waals surface area contributed by atoms with Gasteiger partial charge in [-0.2, -0.15) is 4.72 Å². The lowest BCUT2D eigenvalue weighted by molar-refractivity contribution is -0.131. The zero-order valence-electron chi connectivity index (χ0n) is 17.4. The van der Waals surface area contributed by atoms with E-state index in [2.05, 4.69) is 4.72 Å². The van der Waals surface area contributed by atoms with Crippen LogP contribution in [0, 0.1) is 5.82 Å². The van der Waals surface area contributed by atoms with Gasteiger partial charge in [-0.05, 0) is 43.7 Å². The molecule has 0 bridgehead atoms. The molecule has 0 spiro atoms. The maximum Gasteiger partial charge on any atom is 0.244 e. The van der Waals surface area contributed by atoms with Gasteiger partial charge in [-0.15, -0.1) is 0 Å². The van der Waals surface area contributed by atoms with Crippen molar-refractivity contribution in [3.63, 3.8) is 0 Å². The average Bonchev–Trinajstić information content (AvgIpc) is 2.70. The van der Waals surface area contributed by atoms with Crippen molar-refractivity contribution in [2.24, 2.45) is 0 Å². The van der Waals surface area contributed by atoms with Gasteiger partial charge in [-0.3, -0.25) is 4.79 Å². The summed E-state index contributed by atoms with van der Waals surface area (Å²) < 4.78 is 69.3. The first-order valence-corrected chi connectivity index (χ1v) is 12.7. The van der Waals surface area contributed by atoms with Gasteiger partial charge >= 0.3 is 0 Å². The molecule has 0 aliphatic heterocycles. The summed E-state index contributed by atoms with van der Waals surface area (Å²) in [7, 11) is -6.02. The summed E-state index contributed by atoms with van der Waals surface area (Å²) in [4.78, 5) is 13.4. The maximum absolute atomic E-state index is 13.8. The molecule has 1 amide bonds. The Bertz CT molecular complexity index is 1140. The Morgan fingerprint density at radius 1 is 1.13 bits per heavy atom. The number of benzene rings is 2. The maximum atomic E-state index is 13.8. The minimum Gasteiger partial charge on any atom is -0.493 e. The first kappa shape index (κ1) is 24.8. The van der Waals surface area contributed by atoms with Crippen molar-refractivity contribution in [2.45, 2.75) is 29.2 Å². The third kappa shape index (κ3) is 7.01. The van der Waals surface area contributed by atoms with E-state index in [9.17, 15) is 26.0 Å². The van der Waals surface area contributed by atoms with E-state index in [1.165, 1.54) is 43.1 Å². The second-order valence-electron chi connectivity index (χ2n) is 6.98. The molecule has 0 radical (unpaired) electrons. The summed E-state index contributed by atoms with van der Waals surface area (Å²) in [5.41, 5.74) is 0. The Morgan fingerprint density at radius 2 is 1.81 bits per heavy atom. The predicted molar refractivity (Wildman–Crippen MR) is 113 cm³/mol. The van der Waals surface area contributed by atoms with Crippen LogP contribution in [0.15, 0.2) is 58.3 Å². The topological polar surface area (TPSA) is 110 Å². The number of sulfonamides is 1. The normalized spacial score (nSPS) is 12.9. The van der Waals surface area contributed by atoms with Gasteiger partial charge in [0, 0.05) is 19.8 Å². The number of carbonyl (C=O) groups excluding carboxylic acids is 1. The molecule has 31 heavy (non-hydrogen) atoms. The number of hydrogen-bond acceptors (Lipinski definition) is 6. The van der Waals surface area contributed by atoms with Crippen LogP contribution >= 0.6 is 0 Å². The summed E-state index contributed by atoms with van der Waals surface area (Å²) in [5.74, 6) is -0.998. The molecule has 1 atom stereocenters. The van der Waals surface area contributed by atoms with Crippen LogP contribution in [0.4, 0.5) is 4.39 Å². The summed E-state index contributed by atoms with van der Waals surface area (Å²) in [6.45, 7) is 1.88. The van der Waals surface area contributed by atoms with Gasteiger partial charge in [0.2, 0.25) is 15.9 Å². The number of ether oxygens (including phenoxy) is 1. The largest absolute Gasteiger partial charge is 0.493 e. The third-order valence-electron chi connectivity index (χ3n) is 4.34. The molecular formula is C20H25FN2O6S2. The van der Waals surface area contributed by atoms with Crippen molar-refractivity contribution in [1.29, 1.82) is 0 Å². The van der Waals surface area contributed by atoms with Crippen LogP contribution in [0.25, 0.3) is 0 Å². The lowest BCUT2D eigenvalue weighted by atomic mass is 10.3. The fourth-order valence-corrected chi connectivity index (χ4v) is 4.67. The summed E-state index contributed by atoms with van der Waals surface area (Å²) in [6.07, 6.45) is 1.53. The Morgan fingerprint density at radius 3 is 2.45 bits per heavy atom. The lowest BCUT2D eigenvalue weighted by Gasteiger charge is -2.22.